The largest absolute Gasteiger partial charge is 0.392 e. The number of nitrogens with zero attached hydrogens (tertiary/aromatic N) is 1. The van der Waals surface area contributed by atoms with Crippen molar-refractivity contribution < 1.29 is 5.11 Å². The first-order valence-electron chi connectivity index (χ1n) is 6.79. The fraction of sp³-hybridized carbons (Fsp3) is 0.600. The van der Waals surface area contributed by atoms with Gasteiger partial charge in [0.25, 0.3) is 0 Å². The van der Waals surface area contributed by atoms with Gasteiger partial charge < -0.3 is 10.0 Å². The minimum absolute atomic E-state index is 0.0853. The molecule has 0 unspecified atom stereocenters. The lowest BCUT2D eigenvalue weighted by Crippen LogP contribution is -2.38. The normalized spacial score (nSPS) is 21.6. The quantitative estimate of drug-likeness (QED) is 0.790. The Kier molecular flexibility index (Phi) is 5.02. The second-order valence-corrected chi connectivity index (χ2v) is 5.04. The summed E-state index contributed by atoms with van der Waals surface area (Å²) < 4.78 is 0. The first kappa shape index (κ1) is 12.6. The van der Waals surface area contributed by atoms with E-state index in [4.69, 9.17) is 0 Å². The number of rotatable bonds is 5. The van der Waals surface area contributed by atoms with E-state index in [0.29, 0.717) is 0 Å². The van der Waals surface area contributed by atoms with Crippen LogP contribution < -0.4 is 0 Å². The van der Waals surface area contributed by atoms with Crippen LogP contribution in [0.25, 0.3) is 0 Å². The molecular formula is C15H23NO. The fourth-order valence-corrected chi connectivity index (χ4v) is 2.54. The summed E-state index contributed by atoms with van der Waals surface area (Å²) in [5.74, 6) is 0. The Morgan fingerprint density at radius 2 is 2.00 bits per heavy atom. The summed E-state index contributed by atoms with van der Waals surface area (Å²) in [6.07, 6.45) is 5.72. The highest BCUT2D eigenvalue weighted by atomic mass is 16.3. The molecule has 0 spiro atoms. The van der Waals surface area contributed by atoms with Gasteiger partial charge in [0.2, 0.25) is 0 Å². The van der Waals surface area contributed by atoms with E-state index in [1.165, 1.54) is 31.4 Å². The maximum absolute atomic E-state index is 9.57. The molecule has 1 N–H and O–H groups in total. The zero-order valence-electron chi connectivity index (χ0n) is 10.5. The van der Waals surface area contributed by atoms with Crippen LogP contribution in [0.5, 0.6) is 0 Å². The van der Waals surface area contributed by atoms with E-state index in [2.05, 4.69) is 35.2 Å². The maximum Gasteiger partial charge on any atom is 0.0667 e. The number of likely N-dealkylation sites (tertiary alicyclic amines) is 1. The molecule has 1 atom stereocenters. The SMILES string of the molecule is O[C@H]1CCCN(CCCCc2ccccc2)C1. The van der Waals surface area contributed by atoms with Crippen LogP contribution in [-0.2, 0) is 6.42 Å². The van der Waals surface area contributed by atoms with Crippen LogP contribution >= 0.6 is 0 Å². The van der Waals surface area contributed by atoms with Crippen LogP contribution in [0.2, 0.25) is 0 Å². The minimum Gasteiger partial charge on any atom is -0.392 e. The summed E-state index contributed by atoms with van der Waals surface area (Å²) in [5, 5.41) is 9.57. The summed E-state index contributed by atoms with van der Waals surface area (Å²) in [5.41, 5.74) is 1.44. The molecule has 1 saturated heterocycles. The number of unbranched alkanes of at least 4 members (excludes halogenated alkanes) is 1. The van der Waals surface area contributed by atoms with Gasteiger partial charge >= 0.3 is 0 Å². The van der Waals surface area contributed by atoms with Gasteiger partial charge in [-0.15, -0.1) is 0 Å². The van der Waals surface area contributed by atoms with Gasteiger partial charge in [0.05, 0.1) is 6.10 Å². The van der Waals surface area contributed by atoms with E-state index in [1.54, 1.807) is 0 Å². The van der Waals surface area contributed by atoms with Crippen molar-refractivity contribution >= 4 is 0 Å². The van der Waals surface area contributed by atoms with Crippen LogP contribution in [0.1, 0.15) is 31.2 Å². The molecule has 2 nitrogen and oxygen atoms in total. The first-order valence-corrected chi connectivity index (χ1v) is 6.79. The second-order valence-electron chi connectivity index (χ2n) is 5.04. The van der Waals surface area contributed by atoms with Gasteiger partial charge in [-0.3, -0.25) is 0 Å². The molecule has 94 valence electrons. The van der Waals surface area contributed by atoms with Crippen molar-refractivity contribution in [1.82, 2.24) is 4.90 Å². The molecule has 1 aromatic rings. The summed E-state index contributed by atoms with van der Waals surface area (Å²) >= 11 is 0. The number of β-amino-alcohol motifs (C(OH)–C–C–N with tert-alkyl or cyclic N) is 1. The van der Waals surface area contributed by atoms with Gasteiger partial charge in [-0.2, -0.15) is 0 Å². The van der Waals surface area contributed by atoms with Crippen molar-refractivity contribution in [1.29, 1.82) is 0 Å². The lowest BCUT2D eigenvalue weighted by molar-refractivity contribution is 0.0699. The molecule has 0 saturated carbocycles. The molecule has 1 fully saturated rings. The maximum atomic E-state index is 9.57. The number of aliphatic hydroxyl groups excluding tert-OH is 1. The lowest BCUT2D eigenvalue weighted by Gasteiger charge is -2.29. The van der Waals surface area contributed by atoms with Gasteiger partial charge in [0.1, 0.15) is 0 Å². The zero-order chi connectivity index (χ0) is 11.9. The summed E-state index contributed by atoms with van der Waals surface area (Å²) in [7, 11) is 0. The van der Waals surface area contributed by atoms with E-state index in [-0.39, 0.29) is 6.10 Å². The summed E-state index contributed by atoms with van der Waals surface area (Å²) in [6, 6.07) is 10.7. The van der Waals surface area contributed by atoms with E-state index >= 15 is 0 Å². The van der Waals surface area contributed by atoms with Crippen molar-refractivity contribution in [2.45, 2.75) is 38.2 Å². The molecule has 2 heteroatoms. The van der Waals surface area contributed by atoms with Crippen LogP contribution in [0.4, 0.5) is 0 Å². The predicted octanol–water partition coefficient (Wildman–Crippen LogP) is 2.47. The first-order chi connectivity index (χ1) is 8.34. The van der Waals surface area contributed by atoms with Gasteiger partial charge in [-0.05, 0) is 50.8 Å². The smallest absolute Gasteiger partial charge is 0.0667 e. The number of aliphatic hydroxyl groups is 1. The average Bonchev–Trinajstić information content (AvgIpc) is 2.36. The molecule has 0 radical (unpaired) electrons. The van der Waals surface area contributed by atoms with E-state index in [1.807, 2.05) is 0 Å². The molecule has 1 heterocycles. The van der Waals surface area contributed by atoms with Crippen LogP contribution in [0, 0.1) is 0 Å². The second kappa shape index (κ2) is 6.77. The standard InChI is InChI=1S/C15H23NO/c17-15-10-6-12-16(13-15)11-5-4-9-14-7-2-1-3-8-14/h1-3,7-8,15,17H,4-6,9-13H2/t15-/m0/s1. The highest BCUT2D eigenvalue weighted by Crippen LogP contribution is 2.11. The van der Waals surface area contributed by atoms with Gasteiger partial charge in [-0.1, -0.05) is 30.3 Å². The Morgan fingerprint density at radius 1 is 1.18 bits per heavy atom. The Morgan fingerprint density at radius 3 is 2.76 bits per heavy atom. The molecule has 0 aliphatic carbocycles. The number of hydrogen-bond donors (Lipinski definition) is 1. The van der Waals surface area contributed by atoms with E-state index < -0.39 is 0 Å². The summed E-state index contributed by atoms with van der Waals surface area (Å²) in [4.78, 5) is 2.40. The molecule has 0 bridgehead atoms. The van der Waals surface area contributed by atoms with Crippen molar-refractivity contribution in [3.8, 4) is 0 Å². The third-order valence-electron chi connectivity index (χ3n) is 3.51. The van der Waals surface area contributed by atoms with Crippen molar-refractivity contribution in [3.05, 3.63) is 35.9 Å². The van der Waals surface area contributed by atoms with Crippen molar-refractivity contribution in [2.75, 3.05) is 19.6 Å². The van der Waals surface area contributed by atoms with Crippen LogP contribution in [-0.4, -0.2) is 35.7 Å². The Bertz CT molecular complexity index is 312. The number of aryl methyl sites for hydroxylation is 1. The number of benzene rings is 1. The van der Waals surface area contributed by atoms with Gasteiger partial charge in [0.15, 0.2) is 0 Å². The van der Waals surface area contributed by atoms with Gasteiger partial charge in [0, 0.05) is 6.54 Å². The van der Waals surface area contributed by atoms with Crippen molar-refractivity contribution in [2.24, 2.45) is 0 Å². The van der Waals surface area contributed by atoms with E-state index in [9.17, 15) is 5.11 Å². The molecule has 1 aliphatic heterocycles. The molecule has 1 aliphatic rings. The highest BCUT2D eigenvalue weighted by molar-refractivity contribution is 5.14. The van der Waals surface area contributed by atoms with Crippen LogP contribution in [0.3, 0.4) is 0 Å². The molecule has 1 aromatic carbocycles. The molecule has 0 amide bonds. The number of piperidine rings is 1. The van der Waals surface area contributed by atoms with E-state index in [0.717, 1.165) is 25.9 Å². The Hall–Kier alpha value is -0.860. The monoisotopic (exact) mass is 233 g/mol. The van der Waals surface area contributed by atoms with Gasteiger partial charge in [-0.25, -0.2) is 0 Å². The molecular weight excluding hydrogens is 210 g/mol. The lowest BCUT2D eigenvalue weighted by atomic mass is 10.1. The molecule has 2 rings (SSSR count). The zero-order valence-corrected chi connectivity index (χ0v) is 10.5. The third-order valence-corrected chi connectivity index (χ3v) is 3.51. The minimum atomic E-state index is -0.0853. The number of hydrogen-bond acceptors (Lipinski definition) is 2. The topological polar surface area (TPSA) is 23.5 Å². The molecule has 0 aromatic heterocycles. The highest BCUT2D eigenvalue weighted by Gasteiger charge is 2.16. The predicted molar refractivity (Wildman–Crippen MR) is 71.1 cm³/mol. The van der Waals surface area contributed by atoms with Crippen LogP contribution in [0.15, 0.2) is 30.3 Å². The average molecular weight is 233 g/mol. The Labute approximate surface area is 104 Å². The van der Waals surface area contributed by atoms with Crippen molar-refractivity contribution in [3.63, 3.8) is 0 Å². The summed E-state index contributed by atoms with van der Waals surface area (Å²) in [6.45, 7) is 3.19. The Balaban J connectivity index is 1.60. The molecule has 17 heavy (non-hydrogen) atoms. The fourth-order valence-electron chi connectivity index (χ4n) is 2.54. The third kappa shape index (κ3) is 4.49.